The molecule has 8 nitrogen and oxygen atoms in total. The molecule has 0 aliphatic carbocycles. The number of aryl methyl sites for hydroxylation is 2. The van der Waals surface area contributed by atoms with Crippen LogP contribution in [0, 0.1) is 6.92 Å². The molecule has 1 amide bonds. The molecule has 1 atom stereocenters. The summed E-state index contributed by atoms with van der Waals surface area (Å²) in [6, 6.07) is 24.7. The van der Waals surface area contributed by atoms with Crippen molar-refractivity contribution < 1.29 is 36.2 Å². The predicted octanol–water partition coefficient (Wildman–Crippen LogP) is 5.46. The number of anilines is 1. The van der Waals surface area contributed by atoms with Gasteiger partial charge in [0.25, 0.3) is 0 Å². The molecule has 0 fully saturated rings. The molecule has 4 rings (SSSR count). The summed E-state index contributed by atoms with van der Waals surface area (Å²) < 4.78 is 48.5. The van der Waals surface area contributed by atoms with Crippen LogP contribution in [-0.4, -0.2) is 34.9 Å². The quantitative estimate of drug-likeness (QED) is 0.0617. The van der Waals surface area contributed by atoms with Crippen LogP contribution < -0.4 is 20.5 Å². The fourth-order valence-electron chi connectivity index (χ4n) is 4.27. The number of thiocarbonyl (C=S) groups is 1. The highest BCUT2D eigenvalue weighted by atomic mass is 32.1. The lowest BCUT2D eigenvalue weighted by atomic mass is 10.1. The van der Waals surface area contributed by atoms with Crippen molar-refractivity contribution in [3.8, 4) is 0 Å². The van der Waals surface area contributed by atoms with E-state index in [-0.39, 0.29) is 31.3 Å². The number of carbonyl (C=O) groups excluding carboxylic acids is 2. The molecule has 0 spiro atoms. The molecule has 1 aromatic heterocycles. The number of rotatable bonds is 12. The molecule has 0 aliphatic heterocycles. The van der Waals surface area contributed by atoms with Crippen LogP contribution in [-0.2, 0) is 41.1 Å². The highest BCUT2D eigenvalue weighted by Crippen LogP contribution is 2.11. The van der Waals surface area contributed by atoms with Crippen molar-refractivity contribution >= 4 is 42.1 Å². The SMILES string of the molecule is Cc1cccc(NC(=S)N[C@@H](CCC(=O)OCc2ccccc2)C(=O)NCc2ccc(Cn3cc[n+](C)c3)cc2)c1.F[B-](F)(F)F. The third-order valence-electron chi connectivity index (χ3n) is 6.46. The number of nitrogens with zero attached hydrogens (tertiary/aromatic N) is 2. The van der Waals surface area contributed by atoms with Gasteiger partial charge in [-0.05, 0) is 59.9 Å². The van der Waals surface area contributed by atoms with Crippen LogP contribution >= 0.6 is 12.2 Å². The van der Waals surface area contributed by atoms with Gasteiger partial charge in [-0.15, -0.1) is 0 Å². The lowest BCUT2D eigenvalue weighted by molar-refractivity contribution is -0.671. The van der Waals surface area contributed by atoms with Crippen LogP contribution in [0.3, 0.4) is 0 Å². The first kappa shape index (κ1) is 35.8. The molecule has 244 valence electrons. The van der Waals surface area contributed by atoms with Gasteiger partial charge < -0.3 is 37.9 Å². The number of aromatic nitrogens is 2. The smallest absolute Gasteiger partial charge is 0.461 e. The van der Waals surface area contributed by atoms with Gasteiger partial charge in [0.1, 0.15) is 31.6 Å². The van der Waals surface area contributed by atoms with Gasteiger partial charge in [0, 0.05) is 18.7 Å². The van der Waals surface area contributed by atoms with Crippen molar-refractivity contribution in [2.45, 2.75) is 45.5 Å². The third-order valence-corrected chi connectivity index (χ3v) is 6.68. The first-order chi connectivity index (χ1) is 21.8. The molecular weight excluding hydrogens is 621 g/mol. The van der Waals surface area contributed by atoms with E-state index in [2.05, 4.69) is 32.7 Å². The van der Waals surface area contributed by atoms with E-state index >= 15 is 0 Å². The zero-order valence-corrected chi connectivity index (χ0v) is 26.3. The molecule has 4 aromatic rings. The van der Waals surface area contributed by atoms with Gasteiger partial charge in [-0.25, -0.2) is 9.13 Å². The Morgan fingerprint density at radius 1 is 0.957 bits per heavy atom. The number of ether oxygens (including phenoxy) is 1. The Balaban J connectivity index is 0.00000107. The summed E-state index contributed by atoms with van der Waals surface area (Å²) in [6.45, 7) is 3.31. The molecule has 0 radical (unpaired) electrons. The normalized spacial score (nSPS) is 11.4. The maximum Gasteiger partial charge on any atom is 0.673 e. The van der Waals surface area contributed by atoms with Crippen molar-refractivity contribution in [3.05, 3.63) is 120 Å². The van der Waals surface area contributed by atoms with Crippen LogP contribution in [0.4, 0.5) is 23.0 Å². The molecule has 46 heavy (non-hydrogen) atoms. The van der Waals surface area contributed by atoms with E-state index in [0.717, 1.165) is 34.5 Å². The summed E-state index contributed by atoms with van der Waals surface area (Å²) in [5.74, 6) is -0.629. The fourth-order valence-corrected chi connectivity index (χ4v) is 4.53. The van der Waals surface area contributed by atoms with E-state index in [4.69, 9.17) is 17.0 Å². The van der Waals surface area contributed by atoms with Crippen molar-refractivity contribution in [1.29, 1.82) is 0 Å². The number of amides is 1. The van der Waals surface area contributed by atoms with Gasteiger partial charge in [-0.2, -0.15) is 0 Å². The Hall–Kier alpha value is -4.72. The van der Waals surface area contributed by atoms with Gasteiger partial charge in [0.15, 0.2) is 5.11 Å². The lowest BCUT2D eigenvalue weighted by Crippen LogP contribution is -2.48. The van der Waals surface area contributed by atoms with Gasteiger partial charge in [-0.1, -0.05) is 66.7 Å². The molecule has 1 heterocycles. The van der Waals surface area contributed by atoms with E-state index in [1.54, 1.807) is 0 Å². The molecule has 0 aliphatic rings. The summed E-state index contributed by atoms with van der Waals surface area (Å²) in [6.07, 6.45) is 6.34. The van der Waals surface area contributed by atoms with Crippen LogP contribution in [0.2, 0.25) is 0 Å². The average molecular weight is 658 g/mol. The van der Waals surface area contributed by atoms with Gasteiger partial charge in [0.2, 0.25) is 12.2 Å². The van der Waals surface area contributed by atoms with Gasteiger partial charge >= 0.3 is 13.2 Å². The third kappa shape index (κ3) is 14.4. The number of hydrogen-bond acceptors (Lipinski definition) is 4. The number of nitrogens with one attached hydrogen (secondary N) is 3. The number of benzene rings is 3. The largest absolute Gasteiger partial charge is 0.673 e. The predicted molar refractivity (Wildman–Crippen MR) is 173 cm³/mol. The molecule has 3 N–H and O–H groups in total. The minimum absolute atomic E-state index is 0.0663. The Morgan fingerprint density at radius 2 is 1.63 bits per heavy atom. The number of hydrogen-bond donors (Lipinski definition) is 3. The number of imidazole rings is 1. The minimum Gasteiger partial charge on any atom is -0.461 e. The first-order valence-corrected chi connectivity index (χ1v) is 14.8. The Labute approximate surface area is 270 Å². The second kappa shape index (κ2) is 17.7. The van der Waals surface area contributed by atoms with Crippen LogP contribution in [0.5, 0.6) is 0 Å². The maximum atomic E-state index is 13.2. The fraction of sp³-hybridized carbons (Fsp3) is 0.250. The standard InChI is InChI=1S/C32H35N5O3S.BF4/c1-24-7-6-10-28(19-24)34-32(41)35-29(15-16-30(38)40-22-27-8-4-3-5-9-27)31(39)33-20-25-11-13-26(14-12-25)21-37-18-17-36(2)23-37;2-1(3,4)5/h3-14,17-19,23,29H,15-16,20-22H2,1-2H3,(H2-,33,34,35,39,41);/q;-1/p+1/t29-;/m0./s1. The number of carbonyl (C=O) groups is 2. The first-order valence-electron chi connectivity index (χ1n) is 14.4. The highest BCUT2D eigenvalue weighted by Gasteiger charge is 2.22. The van der Waals surface area contributed by atoms with Crippen molar-refractivity contribution in [3.63, 3.8) is 0 Å². The van der Waals surface area contributed by atoms with Crippen LogP contribution in [0.25, 0.3) is 0 Å². The second-order valence-electron chi connectivity index (χ2n) is 10.5. The van der Waals surface area contributed by atoms with E-state index in [9.17, 15) is 26.9 Å². The number of halogens is 4. The average Bonchev–Trinajstić information content (AvgIpc) is 3.41. The summed E-state index contributed by atoms with van der Waals surface area (Å²) in [7, 11) is -4.01. The molecule has 14 heteroatoms. The zero-order valence-electron chi connectivity index (χ0n) is 25.5. The number of esters is 1. The summed E-state index contributed by atoms with van der Waals surface area (Å²) >= 11 is 5.50. The zero-order chi connectivity index (χ0) is 33.5. The van der Waals surface area contributed by atoms with E-state index in [1.165, 1.54) is 0 Å². The van der Waals surface area contributed by atoms with E-state index in [0.29, 0.717) is 11.7 Å². The molecular formula is C32H36BF4N5O3S. The Bertz CT molecular complexity index is 1560. The van der Waals surface area contributed by atoms with Gasteiger partial charge in [0.05, 0.1) is 7.05 Å². The van der Waals surface area contributed by atoms with Crippen molar-refractivity contribution in [2.75, 3.05) is 5.32 Å². The van der Waals surface area contributed by atoms with E-state index in [1.807, 2.05) is 104 Å². The summed E-state index contributed by atoms with van der Waals surface area (Å²) in [5.41, 5.74) is 4.95. The molecule has 0 bridgehead atoms. The molecule has 0 saturated heterocycles. The monoisotopic (exact) mass is 657 g/mol. The minimum atomic E-state index is -6.00. The summed E-state index contributed by atoms with van der Waals surface area (Å²) in [5, 5.41) is 9.49. The molecule has 0 unspecified atom stereocenters. The lowest BCUT2D eigenvalue weighted by Gasteiger charge is -2.20. The second-order valence-corrected chi connectivity index (χ2v) is 10.9. The molecule has 3 aromatic carbocycles. The maximum absolute atomic E-state index is 13.2. The van der Waals surface area contributed by atoms with Crippen molar-refractivity contribution in [1.82, 2.24) is 15.2 Å². The van der Waals surface area contributed by atoms with E-state index < -0.39 is 13.3 Å². The topological polar surface area (TPSA) is 88.3 Å². The highest BCUT2D eigenvalue weighted by molar-refractivity contribution is 7.80. The Morgan fingerprint density at radius 3 is 2.26 bits per heavy atom. The van der Waals surface area contributed by atoms with Crippen LogP contribution in [0.15, 0.2) is 97.6 Å². The molecule has 0 saturated carbocycles. The van der Waals surface area contributed by atoms with Crippen molar-refractivity contribution in [2.24, 2.45) is 7.05 Å². The van der Waals surface area contributed by atoms with Crippen LogP contribution in [0.1, 0.15) is 35.1 Å². The Kier molecular flexibility index (Phi) is 13.8. The summed E-state index contributed by atoms with van der Waals surface area (Å²) in [4.78, 5) is 25.7. The van der Waals surface area contributed by atoms with Gasteiger partial charge in [-0.3, -0.25) is 9.59 Å².